The molecular formula is C14H28N2O2. The zero-order chi connectivity index (χ0) is 13.8. The van der Waals surface area contributed by atoms with Gasteiger partial charge in [-0.1, -0.05) is 20.8 Å². The predicted octanol–water partition coefficient (Wildman–Crippen LogP) is 1.51. The maximum atomic E-state index is 12.2. The van der Waals surface area contributed by atoms with Gasteiger partial charge in [0.05, 0.1) is 12.6 Å². The van der Waals surface area contributed by atoms with E-state index in [9.17, 15) is 9.90 Å². The highest BCUT2D eigenvalue weighted by Gasteiger charge is 2.27. The smallest absolute Gasteiger partial charge is 0.224 e. The largest absolute Gasteiger partial charge is 0.394 e. The third-order valence-corrected chi connectivity index (χ3v) is 3.47. The lowest BCUT2D eigenvalue weighted by molar-refractivity contribution is -0.136. The van der Waals surface area contributed by atoms with E-state index in [0.29, 0.717) is 6.42 Å². The topological polar surface area (TPSA) is 66.6 Å². The highest BCUT2D eigenvalue weighted by atomic mass is 16.3. The summed E-state index contributed by atoms with van der Waals surface area (Å²) in [5.74, 6) is 0.102. The Morgan fingerprint density at radius 1 is 1.44 bits per heavy atom. The summed E-state index contributed by atoms with van der Waals surface area (Å²) in [6.07, 6.45) is 4.29. The first-order chi connectivity index (χ1) is 8.33. The summed E-state index contributed by atoms with van der Waals surface area (Å²) >= 11 is 0. The van der Waals surface area contributed by atoms with Gasteiger partial charge in [0.25, 0.3) is 0 Å². The first kappa shape index (κ1) is 15.4. The molecule has 0 aromatic rings. The van der Waals surface area contributed by atoms with Crippen LogP contribution >= 0.6 is 0 Å². The molecule has 4 heteroatoms. The number of likely N-dealkylation sites (tertiary alicyclic amines) is 1. The Morgan fingerprint density at radius 3 is 2.67 bits per heavy atom. The van der Waals surface area contributed by atoms with Crippen molar-refractivity contribution in [3.8, 4) is 0 Å². The van der Waals surface area contributed by atoms with Crippen LogP contribution in [0.5, 0.6) is 0 Å². The van der Waals surface area contributed by atoms with E-state index >= 15 is 0 Å². The molecule has 1 amide bonds. The molecule has 1 aliphatic rings. The third-order valence-electron chi connectivity index (χ3n) is 3.47. The lowest BCUT2D eigenvalue weighted by Gasteiger charge is -2.35. The van der Waals surface area contributed by atoms with Crippen LogP contribution in [0.3, 0.4) is 0 Å². The summed E-state index contributed by atoms with van der Waals surface area (Å²) in [4.78, 5) is 14.0. The molecule has 2 atom stereocenters. The molecule has 3 N–H and O–H groups in total. The number of hydrogen-bond donors (Lipinski definition) is 2. The Hall–Kier alpha value is -0.610. The molecule has 0 spiro atoms. The lowest BCUT2D eigenvalue weighted by atomic mass is 9.87. The fourth-order valence-electron chi connectivity index (χ4n) is 2.72. The number of nitrogens with two attached hydrogens (primary N) is 1. The second-order valence-corrected chi connectivity index (χ2v) is 6.65. The number of carbonyl (C=O) groups excluding carboxylic acids is 1. The maximum absolute atomic E-state index is 12.2. The molecular weight excluding hydrogens is 228 g/mol. The van der Waals surface area contributed by atoms with E-state index in [2.05, 4.69) is 20.8 Å². The molecule has 1 aliphatic heterocycles. The summed E-state index contributed by atoms with van der Waals surface area (Å²) in [6, 6.07) is -0.0770. The van der Waals surface area contributed by atoms with Crippen molar-refractivity contribution in [2.75, 3.05) is 13.2 Å². The zero-order valence-corrected chi connectivity index (χ0v) is 12.0. The normalized spacial score (nSPS) is 22.9. The number of rotatable bonds is 4. The van der Waals surface area contributed by atoms with Gasteiger partial charge in [-0.05, 0) is 31.1 Å². The molecule has 0 radical (unpaired) electrons. The van der Waals surface area contributed by atoms with Crippen LogP contribution < -0.4 is 5.73 Å². The minimum atomic E-state index is -0.0845. The van der Waals surface area contributed by atoms with Crippen molar-refractivity contribution in [2.24, 2.45) is 11.1 Å². The van der Waals surface area contributed by atoms with Gasteiger partial charge in [-0.25, -0.2) is 0 Å². The average Bonchev–Trinajstić information content (AvgIpc) is 2.26. The molecule has 0 saturated carbocycles. The van der Waals surface area contributed by atoms with Crippen molar-refractivity contribution >= 4 is 5.91 Å². The predicted molar refractivity (Wildman–Crippen MR) is 73.1 cm³/mol. The van der Waals surface area contributed by atoms with Crippen molar-refractivity contribution < 1.29 is 9.90 Å². The molecule has 18 heavy (non-hydrogen) atoms. The minimum Gasteiger partial charge on any atom is -0.394 e. The number of carbonyl (C=O) groups is 1. The van der Waals surface area contributed by atoms with Crippen molar-refractivity contribution in [1.29, 1.82) is 0 Å². The van der Waals surface area contributed by atoms with E-state index in [4.69, 9.17) is 5.73 Å². The summed E-state index contributed by atoms with van der Waals surface area (Å²) in [7, 11) is 0. The van der Waals surface area contributed by atoms with Crippen LogP contribution in [0.25, 0.3) is 0 Å². The quantitative estimate of drug-likeness (QED) is 0.801. The first-order valence-electron chi connectivity index (χ1n) is 6.99. The molecule has 2 unspecified atom stereocenters. The molecule has 1 fully saturated rings. The Labute approximate surface area is 111 Å². The van der Waals surface area contributed by atoms with Gasteiger partial charge in [-0.15, -0.1) is 0 Å². The van der Waals surface area contributed by atoms with Gasteiger partial charge in [0.15, 0.2) is 0 Å². The summed E-state index contributed by atoms with van der Waals surface area (Å²) in [6.45, 7) is 7.24. The van der Waals surface area contributed by atoms with Gasteiger partial charge in [0, 0.05) is 19.0 Å². The number of aliphatic hydroxyl groups is 1. The van der Waals surface area contributed by atoms with Crippen LogP contribution in [0.2, 0.25) is 0 Å². The SMILES string of the molecule is CC(C)(C)CC(N)CC(=O)N1CCCCC1CO. The van der Waals surface area contributed by atoms with Crippen LogP contribution in [-0.4, -0.2) is 41.1 Å². The zero-order valence-electron chi connectivity index (χ0n) is 12.0. The number of hydrogen-bond acceptors (Lipinski definition) is 3. The van der Waals surface area contributed by atoms with Crippen molar-refractivity contribution in [1.82, 2.24) is 4.90 Å². The van der Waals surface area contributed by atoms with Crippen molar-refractivity contribution in [3.63, 3.8) is 0 Å². The van der Waals surface area contributed by atoms with Gasteiger partial charge in [-0.3, -0.25) is 4.79 Å². The van der Waals surface area contributed by atoms with E-state index in [1.54, 1.807) is 0 Å². The van der Waals surface area contributed by atoms with E-state index in [1.807, 2.05) is 4.90 Å². The highest BCUT2D eigenvalue weighted by molar-refractivity contribution is 5.77. The van der Waals surface area contributed by atoms with Gasteiger partial charge in [0.2, 0.25) is 5.91 Å². The molecule has 1 heterocycles. The second kappa shape index (κ2) is 6.53. The Kier molecular flexibility index (Phi) is 5.60. The molecule has 0 aromatic carbocycles. The molecule has 1 rings (SSSR count). The van der Waals surface area contributed by atoms with Gasteiger partial charge >= 0.3 is 0 Å². The Bertz CT molecular complexity index is 273. The molecule has 4 nitrogen and oxygen atoms in total. The van der Waals surface area contributed by atoms with Crippen LogP contribution in [0.4, 0.5) is 0 Å². The Balaban J connectivity index is 2.48. The van der Waals surface area contributed by atoms with Crippen LogP contribution in [-0.2, 0) is 4.79 Å². The minimum absolute atomic E-state index is 0.00749. The Morgan fingerprint density at radius 2 is 2.11 bits per heavy atom. The fraction of sp³-hybridized carbons (Fsp3) is 0.929. The molecule has 106 valence electrons. The molecule has 0 aliphatic carbocycles. The third kappa shape index (κ3) is 4.94. The van der Waals surface area contributed by atoms with Crippen LogP contribution in [0.15, 0.2) is 0 Å². The van der Waals surface area contributed by atoms with Gasteiger partial charge < -0.3 is 15.7 Å². The van der Waals surface area contributed by atoms with E-state index in [1.165, 1.54) is 0 Å². The molecule has 0 bridgehead atoms. The number of nitrogens with zero attached hydrogens (tertiary/aromatic N) is 1. The summed E-state index contributed by atoms with van der Waals surface area (Å²) in [5.41, 5.74) is 6.20. The average molecular weight is 256 g/mol. The van der Waals surface area contributed by atoms with E-state index < -0.39 is 0 Å². The maximum Gasteiger partial charge on any atom is 0.224 e. The van der Waals surface area contributed by atoms with Gasteiger partial charge in [-0.2, -0.15) is 0 Å². The second-order valence-electron chi connectivity index (χ2n) is 6.65. The van der Waals surface area contributed by atoms with E-state index in [0.717, 1.165) is 32.2 Å². The van der Waals surface area contributed by atoms with Crippen LogP contribution in [0.1, 0.15) is 52.9 Å². The van der Waals surface area contributed by atoms with Crippen molar-refractivity contribution in [2.45, 2.75) is 65.0 Å². The number of aliphatic hydroxyl groups excluding tert-OH is 1. The first-order valence-corrected chi connectivity index (χ1v) is 6.99. The number of amides is 1. The summed E-state index contributed by atoms with van der Waals surface area (Å²) in [5, 5.41) is 9.31. The lowest BCUT2D eigenvalue weighted by Crippen LogP contribution is -2.47. The highest BCUT2D eigenvalue weighted by Crippen LogP contribution is 2.23. The van der Waals surface area contributed by atoms with Crippen molar-refractivity contribution in [3.05, 3.63) is 0 Å². The molecule has 1 saturated heterocycles. The van der Waals surface area contributed by atoms with E-state index in [-0.39, 0.29) is 30.0 Å². The van der Waals surface area contributed by atoms with Gasteiger partial charge in [0.1, 0.15) is 0 Å². The van der Waals surface area contributed by atoms with Crippen LogP contribution in [0, 0.1) is 5.41 Å². The monoisotopic (exact) mass is 256 g/mol. The summed E-state index contributed by atoms with van der Waals surface area (Å²) < 4.78 is 0. The molecule has 0 aromatic heterocycles. The number of piperidine rings is 1. The fourth-order valence-corrected chi connectivity index (χ4v) is 2.72. The standard InChI is InChI=1S/C14H28N2O2/c1-14(2,3)9-11(15)8-13(18)16-7-5-4-6-12(16)10-17/h11-12,17H,4-10,15H2,1-3H3.